The highest BCUT2D eigenvalue weighted by Crippen LogP contribution is 2.28. The molecule has 1 fully saturated rings. The van der Waals surface area contributed by atoms with Crippen molar-refractivity contribution in [3.05, 3.63) is 35.4 Å². The maximum absolute atomic E-state index is 13.2. The molecule has 0 radical (unpaired) electrons. The van der Waals surface area contributed by atoms with Crippen molar-refractivity contribution in [1.82, 2.24) is 4.90 Å². The van der Waals surface area contributed by atoms with Gasteiger partial charge in [0.15, 0.2) is 11.6 Å². The largest absolute Gasteiger partial charge is 0.338 e. The number of alkyl halides is 1. The van der Waals surface area contributed by atoms with E-state index < -0.39 is 11.6 Å². The van der Waals surface area contributed by atoms with Crippen LogP contribution in [0.1, 0.15) is 36.0 Å². The molecular formula is C14H16BrF2NO. The normalized spacial score (nSPS) is 23.2. The summed E-state index contributed by atoms with van der Waals surface area (Å²) in [6.45, 7) is 0. The smallest absolute Gasteiger partial charge is 0.253 e. The molecule has 1 aliphatic rings. The molecule has 1 aromatic rings. The van der Waals surface area contributed by atoms with Gasteiger partial charge in [-0.2, -0.15) is 0 Å². The lowest BCUT2D eigenvalue weighted by atomic mass is 9.94. The molecule has 104 valence electrons. The van der Waals surface area contributed by atoms with Gasteiger partial charge in [0.05, 0.1) is 0 Å². The van der Waals surface area contributed by atoms with Crippen LogP contribution in [0.2, 0.25) is 0 Å². The zero-order chi connectivity index (χ0) is 14.0. The van der Waals surface area contributed by atoms with E-state index in [1.54, 1.807) is 11.9 Å². The van der Waals surface area contributed by atoms with Gasteiger partial charge in [0, 0.05) is 23.5 Å². The SMILES string of the molecule is CN(C(=O)c1ccc(F)c(F)c1)C1CCCCC1Br. The average molecular weight is 332 g/mol. The second-order valence-corrected chi connectivity index (χ2v) is 6.09. The minimum atomic E-state index is -0.988. The fourth-order valence-corrected chi connectivity index (χ4v) is 3.43. The van der Waals surface area contributed by atoms with Crippen LogP contribution in [0, 0.1) is 11.6 Å². The summed E-state index contributed by atoms with van der Waals surface area (Å²) in [6.07, 6.45) is 4.20. The maximum Gasteiger partial charge on any atom is 0.253 e. The van der Waals surface area contributed by atoms with Crippen LogP contribution in [-0.4, -0.2) is 28.7 Å². The van der Waals surface area contributed by atoms with E-state index in [2.05, 4.69) is 15.9 Å². The molecule has 2 rings (SSSR count). The van der Waals surface area contributed by atoms with Crippen LogP contribution in [0.5, 0.6) is 0 Å². The van der Waals surface area contributed by atoms with Crippen LogP contribution in [0.3, 0.4) is 0 Å². The lowest BCUT2D eigenvalue weighted by molar-refractivity contribution is 0.0704. The van der Waals surface area contributed by atoms with Gasteiger partial charge in [-0.3, -0.25) is 4.79 Å². The molecule has 1 saturated carbocycles. The molecule has 0 saturated heterocycles. The van der Waals surface area contributed by atoms with E-state index in [4.69, 9.17) is 0 Å². The second-order valence-electron chi connectivity index (χ2n) is 4.91. The molecule has 1 aliphatic carbocycles. The molecule has 1 aromatic carbocycles. The number of carbonyl (C=O) groups excluding carboxylic acids is 1. The highest BCUT2D eigenvalue weighted by atomic mass is 79.9. The number of hydrogen-bond donors (Lipinski definition) is 0. The quantitative estimate of drug-likeness (QED) is 0.756. The van der Waals surface area contributed by atoms with Crippen molar-refractivity contribution < 1.29 is 13.6 Å². The Morgan fingerprint density at radius 3 is 2.58 bits per heavy atom. The van der Waals surface area contributed by atoms with Gasteiger partial charge < -0.3 is 4.90 Å². The highest BCUT2D eigenvalue weighted by Gasteiger charge is 2.29. The van der Waals surface area contributed by atoms with Gasteiger partial charge in [-0.15, -0.1) is 0 Å². The summed E-state index contributed by atoms with van der Waals surface area (Å²) in [7, 11) is 1.72. The number of rotatable bonds is 2. The Labute approximate surface area is 119 Å². The fourth-order valence-electron chi connectivity index (χ4n) is 2.49. The zero-order valence-electron chi connectivity index (χ0n) is 10.7. The first-order valence-electron chi connectivity index (χ1n) is 6.37. The third-order valence-corrected chi connectivity index (χ3v) is 4.70. The van der Waals surface area contributed by atoms with Crippen molar-refractivity contribution in [1.29, 1.82) is 0 Å². The van der Waals surface area contributed by atoms with E-state index in [9.17, 15) is 13.6 Å². The van der Waals surface area contributed by atoms with E-state index in [-0.39, 0.29) is 22.3 Å². The summed E-state index contributed by atoms with van der Waals surface area (Å²) in [5, 5.41) is 0. The van der Waals surface area contributed by atoms with Crippen molar-refractivity contribution in [3.63, 3.8) is 0 Å². The molecule has 0 N–H and O–H groups in total. The van der Waals surface area contributed by atoms with Crippen LogP contribution in [-0.2, 0) is 0 Å². The van der Waals surface area contributed by atoms with Crippen molar-refractivity contribution in [2.24, 2.45) is 0 Å². The first-order valence-corrected chi connectivity index (χ1v) is 7.28. The topological polar surface area (TPSA) is 20.3 Å². The lowest BCUT2D eigenvalue weighted by Crippen LogP contribution is -2.44. The van der Waals surface area contributed by atoms with E-state index in [0.29, 0.717) is 0 Å². The van der Waals surface area contributed by atoms with Crippen LogP contribution < -0.4 is 0 Å². The molecule has 0 heterocycles. The summed E-state index contributed by atoms with van der Waals surface area (Å²) in [5.74, 6) is -2.19. The Bertz CT molecular complexity index is 481. The number of nitrogens with zero attached hydrogens (tertiary/aromatic N) is 1. The average Bonchev–Trinajstić information content (AvgIpc) is 2.41. The van der Waals surface area contributed by atoms with Crippen molar-refractivity contribution >= 4 is 21.8 Å². The monoisotopic (exact) mass is 331 g/mol. The van der Waals surface area contributed by atoms with Gasteiger partial charge in [-0.1, -0.05) is 28.8 Å². The van der Waals surface area contributed by atoms with Crippen molar-refractivity contribution in [3.8, 4) is 0 Å². The first kappa shape index (κ1) is 14.4. The summed E-state index contributed by atoms with van der Waals surface area (Å²) >= 11 is 3.59. The minimum Gasteiger partial charge on any atom is -0.338 e. The third-order valence-electron chi connectivity index (χ3n) is 3.63. The standard InChI is InChI=1S/C14H16BrF2NO/c1-18(13-5-3-2-4-10(13)15)14(19)9-6-7-11(16)12(17)8-9/h6-8,10,13H,2-5H2,1H3. The molecule has 0 bridgehead atoms. The lowest BCUT2D eigenvalue weighted by Gasteiger charge is -2.35. The van der Waals surface area contributed by atoms with Gasteiger partial charge >= 0.3 is 0 Å². The van der Waals surface area contributed by atoms with Gasteiger partial charge in [-0.05, 0) is 31.0 Å². The maximum atomic E-state index is 13.2. The van der Waals surface area contributed by atoms with E-state index in [1.807, 2.05) is 0 Å². The van der Waals surface area contributed by atoms with Gasteiger partial charge in [0.2, 0.25) is 0 Å². The fraction of sp³-hybridized carbons (Fsp3) is 0.500. The van der Waals surface area contributed by atoms with E-state index >= 15 is 0 Å². The number of carbonyl (C=O) groups is 1. The highest BCUT2D eigenvalue weighted by molar-refractivity contribution is 9.09. The summed E-state index contributed by atoms with van der Waals surface area (Å²) in [6, 6.07) is 3.38. The summed E-state index contributed by atoms with van der Waals surface area (Å²) < 4.78 is 26.0. The number of hydrogen-bond acceptors (Lipinski definition) is 1. The van der Waals surface area contributed by atoms with Gasteiger partial charge in [0.1, 0.15) is 0 Å². The van der Waals surface area contributed by atoms with Crippen LogP contribution in [0.15, 0.2) is 18.2 Å². The molecule has 2 atom stereocenters. The van der Waals surface area contributed by atoms with E-state index in [1.165, 1.54) is 6.07 Å². The molecule has 2 nitrogen and oxygen atoms in total. The van der Waals surface area contributed by atoms with Gasteiger partial charge in [0.25, 0.3) is 5.91 Å². The molecule has 0 aliphatic heterocycles. The molecular weight excluding hydrogens is 316 g/mol. The van der Waals surface area contributed by atoms with Crippen molar-refractivity contribution in [2.75, 3.05) is 7.05 Å². The van der Waals surface area contributed by atoms with Gasteiger partial charge in [-0.25, -0.2) is 8.78 Å². The predicted molar refractivity (Wildman–Crippen MR) is 73.4 cm³/mol. The Morgan fingerprint density at radius 1 is 1.26 bits per heavy atom. The Morgan fingerprint density at radius 2 is 1.95 bits per heavy atom. The molecule has 5 heteroatoms. The van der Waals surface area contributed by atoms with Crippen molar-refractivity contribution in [2.45, 2.75) is 36.6 Å². The van der Waals surface area contributed by atoms with Crippen LogP contribution >= 0.6 is 15.9 Å². The van der Waals surface area contributed by atoms with Crippen LogP contribution in [0.4, 0.5) is 8.78 Å². The second kappa shape index (κ2) is 5.99. The first-order chi connectivity index (χ1) is 9.00. The summed E-state index contributed by atoms with van der Waals surface area (Å²) in [5.41, 5.74) is 0.187. The molecule has 1 amide bonds. The number of amides is 1. The molecule has 2 unspecified atom stereocenters. The molecule has 0 spiro atoms. The predicted octanol–water partition coefficient (Wildman–Crippen LogP) is 3.74. The third kappa shape index (κ3) is 3.14. The number of benzene rings is 1. The Hall–Kier alpha value is -0.970. The molecule has 0 aromatic heterocycles. The van der Waals surface area contributed by atoms with Crippen LogP contribution in [0.25, 0.3) is 0 Å². The Balaban J connectivity index is 2.15. The van der Waals surface area contributed by atoms with E-state index in [0.717, 1.165) is 37.8 Å². The minimum absolute atomic E-state index is 0.106. The summed E-state index contributed by atoms with van der Waals surface area (Å²) in [4.78, 5) is 14.2. The molecule has 19 heavy (non-hydrogen) atoms. The Kier molecular flexibility index (Phi) is 4.55. The zero-order valence-corrected chi connectivity index (χ0v) is 12.3. The number of halogens is 3.